The minimum Gasteiger partial charge on any atom is -0.444 e. The Morgan fingerprint density at radius 1 is 1.24 bits per heavy atom. The van der Waals surface area contributed by atoms with Crippen LogP contribution in [0.3, 0.4) is 0 Å². The molecule has 8 heteroatoms. The number of hydrogen-bond donors (Lipinski definition) is 5. The van der Waals surface area contributed by atoms with Crippen LogP contribution in [-0.4, -0.2) is 47.2 Å². The zero-order valence-electron chi connectivity index (χ0n) is 10.3. The normalized spacial score (nSPS) is 10.2. The summed E-state index contributed by atoms with van der Waals surface area (Å²) in [7, 11) is 0. The van der Waals surface area contributed by atoms with E-state index in [-0.39, 0.29) is 13.2 Å². The maximum Gasteiger partial charge on any atom is 0.408 e. The number of alkyl carbamates (subject to hydrolysis) is 1. The minimum atomic E-state index is -0.833. The molecule has 0 aliphatic rings. The van der Waals surface area contributed by atoms with E-state index in [4.69, 9.17) is 19.7 Å². The maximum absolute atomic E-state index is 11.0. The second-order valence-electron chi connectivity index (χ2n) is 4.11. The van der Waals surface area contributed by atoms with E-state index >= 15 is 0 Å². The van der Waals surface area contributed by atoms with Gasteiger partial charge in [0.1, 0.15) is 5.60 Å². The lowest BCUT2D eigenvalue weighted by Gasteiger charge is -2.21. The van der Waals surface area contributed by atoms with Gasteiger partial charge in [-0.25, -0.2) is 9.59 Å². The molecular formula is C9H21N3O5. The van der Waals surface area contributed by atoms with Gasteiger partial charge in [-0.1, -0.05) is 0 Å². The van der Waals surface area contributed by atoms with Crippen molar-refractivity contribution in [3.05, 3.63) is 0 Å². The van der Waals surface area contributed by atoms with Gasteiger partial charge in [-0.2, -0.15) is 0 Å². The maximum atomic E-state index is 11.0. The molecule has 102 valence electrons. The van der Waals surface area contributed by atoms with E-state index in [0.717, 1.165) is 0 Å². The highest BCUT2D eigenvalue weighted by molar-refractivity contribution is 5.69. The van der Waals surface area contributed by atoms with E-state index in [0.29, 0.717) is 0 Å². The fourth-order valence-corrected chi connectivity index (χ4v) is 0.623. The third-order valence-electron chi connectivity index (χ3n) is 1.16. The van der Waals surface area contributed by atoms with Gasteiger partial charge in [-0.05, 0) is 20.8 Å². The third kappa shape index (κ3) is 17.1. The fourth-order valence-electron chi connectivity index (χ4n) is 0.623. The Balaban J connectivity index is 0. The standard InChI is InChI=1S/C8H17NO4.CH4N2O/c1-8(2,3)13-7(12)9-6(4-10)5-11;2-1(3)4/h6,10-11H,4-5H2,1-3H3,(H,9,12);(H4,2,3,4). The Morgan fingerprint density at radius 2 is 1.59 bits per heavy atom. The number of nitrogens with two attached hydrogens (primary N) is 2. The van der Waals surface area contributed by atoms with Crippen molar-refractivity contribution in [3.8, 4) is 0 Å². The predicted molar refractivity (Wildman–Crippen MR) is 61.1 cm³/mol. The van der Waals surface area contributed by atoms with Crippen molar-refractivity contribution < 1.29 is 24.5 Å². The Morgan fingerprint density at radius 3 is 1.82 bits per heavy atom. The van der Waals surface area contributed by atoms with Crippen LogP contribution in [0.25, 0.3) is 0 Å². The van der Waals surface area contributed by atoms with Gasteiger partial charge >= 0.3 is 12.1 Å². The van der Waals surface area contributed by atoms with Crippen LogP contribution >= 0.6 is 0 Å². The molecule has 0 aliphatic carbocycles. The molecule has 0 saturated carbocycles. The van der Waals surface area contributed by atoms with Crippen LogP contribution in [0.1, 0.15) is 20.8 Å². The third-order valence-corrected chi connectivity index (χ3v) is 1.16. The SMILES string of the molecule is CC(C)(C)OC(=O)NC(CO)CO.NC(N)=O. The summed E-state index contributed by atoms with van der Waals surface area (Å²) in [4.78, 5) is 20.0. The summed E-state index contributed by atoms with van der Waals surface area (Å²) < 4.78 is 4.90. The van der Waals surface area contributed by atoms with Crippen LogP contribution in [0.4, 0.5) is 9.59 Å². The topological polar surface area (TPSA) is 148 Å². The molecule has 8 nitrogen and oxygen atoms in total. The molecule has 0 rings (SSSR count). The molecule has 0 aromatic heterocycles. The molecule has 17 heavy (non-hydrogen) atoms. The highest BCUT2D eigenvalue weighted by Gasteiger charge is 2.18. The summed E-state index contributed by atoms with van der Waals surface area (Å²) in [6, 6.07) is -1.49. The second kappa shape index (κ2) is 8.59. The fraction of sp³-hybridized carbons (Fsp3) is 0.778. The molecule has 7 N–H and O–H groups in total. The number of amides is 3. The Kier molecular flexibility index (Phi) is 9.02. The largest absolute Gasteiger partial charge is 0.444 e. The Hall–Kier alpha value is -1.54. The molecule has 0 spiro atoms. The van der Waals surface area contributed by atoms with E-state index in [1.54, 1.807) is 20.8 Å². The molecular weight excluding hydrogens is 230 g/mol. The van der Waals surface area contributed by atoms with Crippen LogP contribution < -0.4 is 16.8 Å². The van der Waals surface area contributed by atoms with Crippen molar-refractivity contribution in [2.24, 2.45) is 11.5 Å². The van der Waals surface area contributed by atoms with Crippen molar-refractivity contribution in [1.29, 1.82) is 0 Å². The highest BCUT2D eigenvalue weighted by atomic mass is 16.6. The summed E-state index contributed by atoms with van der Waals surface area (Å²) in [5, 5.41) is 19.6. The average Bonchev–Trinajstić information content (AvgIpc) is 2.10. The van der Waals surface area contributed by atoms with Crippen LogP contribution in [0.5, 0.6) is 0 Å². The first-order valence-corrected chi connectivity index (χ1v) is 4.88. The monoisotopic (exact) mass is 251 g/mol. The Labute approximate surface area is 99.9 Å². The summed E-state index contributed by atoms with van der Waals surface area (Å²) >= 11 is 0. The molecule has 0 atom stereocenters. The number of carbonyl (C=O) groups is 2. The quantitative estimate of drug-likeness (QED) is 0.431. The van der Waals surface area contributed by atoms with E-state index in [9.17, 15) is 4.79 Å². The number of urea groups is 1. The minimum absolute atomic E-state index is 0.310. The molecule has 0 radical (unpaired) electrons. The predicted octanol–water partition coefficient (Wildman–Crippen LogP) is -1.11. The lowest BCUT2D eigenvalue weighted by atomic mass is 10.2. The molecule has 0 aliphatic heterocycles. The van der Waals surface area contributed by atoms with Gasteiger partial charge in [0.05, 0.1) is 19.3 Å². The number of carbonyl (C=O) groups excluding carboxylic acids is 2. The number of ether oxygens (including phenoxy) is 1. The first-order valence-electron chi connectivity index (χ1n) is 4.88. The van der Waals surface area contributed by atoms with Crippen molar-refractivity contribution in [2.75, 3.05) is 13.2 Å². The van der Waals surface area contributed by atoms with Crippen LogP contribution in [0, 0.1) is 0 Å². The van der Waals surface area contributed by atoms with Gasteiger partial charge in [0.2, 0.25) is 0 Å². The first-order chi connectivity index (χ1) is 7.62. The van der Waals surface area contributed by atoms with Crippen molar-refractivity contribution in [1.82, 2.24) is 5.32 Å². The van der Waals surface area contributed by atoms with Crippen LogP contribution in [0.2, 0.25) is 0 Å². The lowest BCUT2D eigenvalue weighted by molar-refractivity contribution is 0.0450. The smallest absolute Gasteiger partial charge is 0.408 e. The molecule has 0 saturated heterocycles. The number of hydrogen-bond acceptors (Lipinski definition) is 5. The molecule has 0 aromatic carbocycles. The summed E-state index contributed by atoms with van der Waals surface area (Å²) in [6.45, 7) is 4.59. The van der Waals surface area contributed by atoms with Crippen LogP contribution in [0.15, 0.2) is 0 Å². The van der Waals surface area contributed by atoms with Crippen molar-refractivity contribution in [2.45, 2.75) is 32.4 Å². The average molecular weight is 251 g/mol. The number of rotatable bonds is 3. The first kappa shape index (κ1) is 17.8. The zero-order valence-corrected chi connectivity index (χ0v) is 10.3. The molecule has 0 bridgehead atoms. The number of aliphatic hydroxyl groups excluding tert-OH is 2. The zero-order chi connectivity index (χ0) is 14.1. The van der Waals surface area contributed by atoms with Gasteiger partial charge < -0.3 is 31.7 Å². The summed E-state index contributed by atoms with van der Waals surface area (Å²) in [6.07, 6.45) is -0.638. The number of aliphatic hydroxyl groups is 2. The lowest BCUT2D eigenvalue weighted by Crippen LogP contribution is -2.42. The van der Waals surface area contributed by atoms with E-state index in [1.165, 1.54) is 0 Å². The van der Waals surface area contributed by atoms with Gasteiger partial charge in [0.15, 0.2) is 0 Å². The van der Waals surface area contributed by atoms with E-state index in [2.05, 4.69) is 16.8 Å². The molecule has 0 aromatic rings. The Bertz CT molecular complexity index is 231. The molecule has 3 amide bonds. The van der Waals surface area contributed by atoms with Gasteiger partial charge in [0.25, 0.3) is 0 Å². The molecule has 0 heterocycles. The van der Waals surface area contributed by atoms with Gasteiger partial charge in [-0.3, -0.25) is 0 Å². The van der Waals surface area contributed by atoms with Crippen LogP contribution in [-0.2, 0) is 4.74 Å². The number of nitrogens with one attached hydrogen (secondary N) is 1. The highest BCUT2D eigenvalue weighted by Crippen LogP contribution is 2.06. The summed E-state index contributed by atoms with van der Waals surface area (Å²) in [5.74, 6) is 0. The van der Waals surface area contributed by atoms with Gasteiger partial charge in [-0.15, -0.1) is 0 Å². The van der Waals surface area contributed by atoms with Gasteiger partial charge in [0, 0.05) is 0 Å². The van der Waals surface area contributed by atoms with Crippen molar-refractivity contribution in [3.63, 3.8) is 0 Å². The van der Waals surface area contributed by atoms with E-state index in [1.807, 2.05) is 0 Å². The summed E-state index contributed by atoms with van der Waals surface area (Å²) in [5.41, 5.74) is 7.93. The van der Waals surface area contributed by atoms with E-state index < -0.39 is 23.8 Å². The molecule has 0 fully saturated rings. The molecule has 0 unspecified atom stereocenters. The number of primary amides is 2. The van der Waals surface area contributed by atoms with Crippen molar-refractivity contribution >= 4 is 12.1 Å². The second-order valence-corrected chi connectivity index (χ2v) is 4.11.